The number of nitrogens with two attached hydrogens (primary N) is 1. The first-order valence-electron chi connectivity index (χ1n) is 1.68. The zero-order valence-electron chi connectivity index (χ0n) is 3.40. The molecule has 0 aliphatic rings. The Morgan fingerprint density at radius 3 is 2.50 bits per heavy atom. The second-order valence-electron chi connectivity index (χ2n) is 0.775. The summed E-state index contributed by atoms with van der Waals surface area (Å²) in [6.45, 7) is 0.223. The number of hydrogen-bond acceptors (Lipinski definition) is 3. The third-order valence-corrected chi connectivity index (χ3v) is 0.329. The Labute approximate surface area is 36.3 Å². The van der Waals surface area contributed by atoms with Gasteiger partial charge in [0.1, 0.15) is 0 Å². The van der Waals surface area contributed by atoms with Gasteiger partial charge in [-0.2, -0.15) is 5.53 Å². The summed E-state index contributed by atoms with van der Waals surface area (Å²) >= 11 is 0. The van der Waals surface area contributed by atoms with Crippen molar-refractivity contribution in [3.8, 4) is 0 Å². The minimum Gasteiger partial charge on any atom is -0.258 e. The van der Waals surface area contributed by atoms with Gasteiger partial charge in [0.15, 0.2) is 0 Å². The summed E-state index contributed by atoms with van der Waals surface area (Å²) in [6, 6.07) is 0. The van der Waals surface area contributed by atoms with Crippen molar-refractivity contribution >= 4 is 0 Å². The summed E-state index contributed by atoms with van der Waals surface area (Å²) in [4.78, 5) is 0. The van der Waals surface area contributed by atoms with Gasteiger partial charge in [0.2, 0.25) is 0 Å². The van der Waals surface area contributed by atoms with Gasteiger partial charge in [0.25, 0.3) is 0 Å². The van der Waals surface area contributed by atoms with E-state index >= 15 is 0 Å². The average Bonchev–Trinajstić information content (AvgIpc) is 1.61. The average molecular weight is 90.1 g/mol. The SMILES string of the molecule is NNNCC[O]. The molecular weight excluding hydrogens is 82.0 g/mol. The van der Waals surface area contributed by atoms with Crippen LogP contribution in [-0.2, 0) is 5.11 Å². The molecule has 37 valence electrons. The van der Waals surface area contributed by atoms with Crippen molar-refractivity contribution in [2.45, 2.75) is 0 Å². The van der Waals surface area contributed by atoms with E-state index in [1.54, 1.807) is 0 Å². The molecule has 0 atom stereocenters. The first kappa shape index (κ1) is 5.84. The number of hydrazine groups is 2. The van der Waals surface area contributed by atoms with Gasteiger partial charge in [-0.1, -0.05) is 0 Å². The van der Waals surface area contributed by atoms with Crippen molar-refractivity contribution in [2.24, 2.45) is 5.84 Å². The number of hydrogen-bond donors (Lipinski definition) is 3. The van der Waals surface area contributed by atoms with E-state index < -0.39 is 0 Å². The molecular formula is C2H8N3O. The first-order valence-corrected chi connectivity index (χ1v) is 1.68. The van der Waals surface area contributed by atoms with E-state index in [4.69, 9.17) is 5.84 Å². The van der Waals surface area contributed by atoms with Crippen molar-refractivity contribution in [1.82, 2.24) is 11.0 Å². The van der Waals surface area contributed by atoms with E-state index in [1.807, 2.05) is 0 Å². The molecule has 0 saturated carbocycles. The van der Waals surface area contributed by atoms with Crippen molar-refractivity contribution in [1.29, 1.82) is 0 Å². The standard InChI is InChI=1S/C2H8N3O/c3-5-4-1-2-6/h4-5H,1-3H2. The Morgan fingerprint density at radius 2 is 2.33 bits per heavy atom. The first-order chi connectivity index (χ1) is 2.91. The smallest absolute Gasteiger partial charge is 0.0961 e. The lowest BCUT2D eigenvalue weighted by atomic mass is 10.7. The van der Waals surface area contributed by atoms with Gasteiger partial charge >= 0.3 is 0 Å². The van der Waals surface area contributed by atoms with E-state index in [9.17, 15) is 5.11 Å². The van der Waals surface area contributed by atoms with Gasteiger partial charge in [0.05, 0.1) is 6.61 Å². The predicted octanol–water partition coefficient (Wildman–Crippen LogP) is -1.62. The Morgan fingerprint density at radius 1 is 1.67 bits per heavy atom. The number of nitrogens with one attached hydrogen (secondary N) is 2. The molecule has 0 spiro atoms. The van der Waals surface area contributed by atoms with Gasteiger partial charge in [-0.3, -0.25) is 5.84 Å². The summed E-state index contributed by atoms with van der Waals surface area (Å²) in [5.74, 6) is 4.71. The van der Waals surface area contributed by atoms with E-state index in [1.165, 1.54) is 0 Å². The summed E-state index contributed by atoms with van der Waals surface area (Å²) in [5.41, 5.74) is 4.53. The molecule has 0 aromatic heterocycles. The monoisotopic (exact) mass is 90.1 g/mol. The Balaban J connectivity index is 2.34. The minimum absolute atomic E-state index is 0.149. The van der Waals surface area contributed by atoms with Gasteiger partial charge in [-0.05, 0) is 0 Å². The lowest BCUT2D eigenvalue weighted by Gasteiger charge is -1.92. The molecule has 6 heavy (non-hydrogen) atoms. The van der Waals surface area contributed by atoms with E-state index in [2.05, 4.69) is 11.0 Å². The quantitative estimate of drug-likeness (QED) is 0.222. The van der Waals surface area contributed by atoms with Gasteiger partial charge in [-0.25, -0.2) is 10.5 Å². The maximum Gasteiger partial charge on any atom is 0.0961 e. The molecule has 0 amide bonds. The van der Waals surface area contributed by atoms with E-state index in [0.29, 0.717) is 6.54 Å². The van der Waals surface area contributed by atoms with Crippen molar-refractivity contribution in [3.63, 3.8) is 0 Å². The van der Waals surface area contributed by atoms with Crippen LogP contribution in [0.2, 0.25) is 0 Å². The lowest BCUT2D eigenvalue weighted by molar-refractivity contribution is 0.189. The fraction of sp³-hybridized carbons (Fsp3) is 1.00. The van der Waals surface area contributed by atoms with Gasteiger partial charge in [0, 0.05) is 6.54 Å². The van der Waals surface area contributed by atoms with Crippen LogP contribution in [0.15, 0.2) is 0 Å². The van der Waals surface area contributed by atoms with Crippen molar-refractivity contribution in [3.05, 3.63) is 0 Å². The highest BCUT2D eigenvalue weighted by Crippen LogP contribution is 1.44. The van der Waals surface area contributed by atoms with Crippen LogP contribution in [0.25, 0.3) is 0 Å². The van der Waals surface area contributed by atoms with Crippen LogP contribution in [0, 0.1) is 0 Å². The highest BCUT2D eigenvalue weighted by molar-refractivity contribution is 4.26. The highest BCUT2D eigenvalue weighted by atomic mass is 16.3. The summed E-state index contributed by atoms with van der Waals surface area (Å²) in [5, 5.41) is 9.53. The molecule has 0 aromatic rings. The predicted molar refractivity (Wildman–Crippen MR) is 20.9 cm³/mol. The normalized spacial score (nSPS) is 9.00. The van der Waals surface area contributed by atoms with Crippen molar-refractivity contribution in [2.75, 3.05) is 13.2 Å². The third-order valence-electron chi connectivity index (χ3n) is 0.329. The van der Waals surface area contributed by atoms with Crippen LogP contribution >= 0.6 is 0 Å². The number of rotatable bonds is 3. The van der Waals surface area contributed by atoms with Crippen LogP contribution in [0.4, 0.5) is 0 Å². The third kappa shape index (κ3) is 3.84. The Hall–Kier alpha value is -0.160. The zero-order chi connectivity index (χ0) is 4.83. The second kappa shape index (κ2) is 4.84. The molecule has 0 fully saturated rings. The summed E-state index contributed by atoms with van der Waals surface area (Å²) in [7, 11) is 0. The summed E-state index contributed by atoms with van der Waals surface area (Å²) < 4.78 is 0. The second-order valence-corrected chi connectivity index (χ2v) is 0.775. The molecule has 0 rings (SSSR count). The fourth-order valence-electron chi connectivity index (χ4n) is 0.123. The molecule has 0 aliphatic heterocycles. The van der Waals surface area contributed by atoms with Gasteiger partial charge < -0.3 is 0 Å². The molecule has 1 radical (unpaired) electrons. The maximum atomic E-state index is 9.53. The lowest BCUT2D eigenvalue weighted by Crippen LogP contribution is -2.39. The Bertz CT molecular complexity index is 20.8. The maximum absolute atomic E-state index is 9.53. The molecule has 0 heterocycles. The molecule has 0 bridgehead atoms. The molecule has 0 saturated heterocycles. The molecule has 0 aliphatic carbocycles. The van der Waals surface area contributed by atoms with E-state index in [0.717, 1.165) is 0 Å². The molecule has 4 N–H and O–H groups in total. The molecule has 4 nitrogen and oxygen atoms in total. The molecule has 0 unspecified atom stereocenters. The van der Waals surface area contributed by atoms with Crippen LogP contribution in [0.3, 0.4) is 0 Å². The molecule has 4 heteroatoms. The van der Waals surface area contributed by atoms with Crippen LogP contribution in [-0.4, -0.2) is 13.2 Å². The van der Waals surface area contributed by atoms with Gasteiger partial charge in [-0.15, -0.1) is 0 Å². The topological polar surface area (TPSA) is 70.0 Å². The zero-order valence-corrected chi connectivity index (χ0v) is 3.40. The van der Waals surface area contributed by atoms with Crippen LogP contribution in [0.1, 0.15) is 0 Å². The van der Waals surface area contributed by atoms with Crippen LogP contribution < -0.4 is 16.8 Å². The fourth-order valence-corrected chi connectivity index (χ4v) is 0.123. The van der Waals surface area contributed by atoms with Crippen LogP contribution in [0.5, 0.6) is 0 Å². The van der Waals surface area contributed by atoms with Crippen molar-refractivity contribution < 1.29 is 5.11 Å². The Kier molecular flexibility index (Phi) is 4.71. The summed E-state index contributed by atoms with van der Waals surface area (Å²) in [6.07, 6.45) is 0. The molecule has 0 aromatic carbocycles. The largest absolute Gasteiger partial charge is 0.258 e. The van der Waals surface area contributed by atoms with E-state index in [-0.39, 0.29) is 6.61 Å². The minimum atomic E-state index is -0.149. The highest BCUT2D eigenvalue weighted by Gasteiger charge is 1.73.